The van der Waals surface area contributed by atoms with Gasteiger partial charge in [0.25, 0.3) is 10.0 Å². The number of azide groups is 1. The molecule has 0 amide bonds. The molecule has 0 fully saturated rings. The summed E-state index contributed by atoms with van der Waals surface area (Å²) in [6, 6.07) is 8.53. The molecule has 0 aliphatic carbocycles. The third-order valence-electron chi connectivity index (χ3n) is 2.82. The third-order valence-corrected chi connectivity index (χ3v) is 5.16. The van der Waals surface area contributed by atoms with Gasteiger partial charge in [-0.15, -0.1) is 0 Å². The zero-order valence-electron chi connectivity index (χ0n) is 11.4. The Bertz CT molecular complexity index is 896. The van der Waals surface area contributed by atoms with Gasteiger partial charge < -0.3 is 0 Å². The van der Waals surface area contributed by atoms with E-state index in [1.165, 1.54) is 24.3 Å². The predicted molar refractivity (Wildman–Crippen MR) is 91.6 cm³/mol. The molecule has 0 saturated heterocycles. The molecule has 2 aromatic rings. The van der Waals surface area contributed by atoms with Crippen LogP contribution in [0.3, 0.4) is 0 Å². The monoisotopic (exact) mass is 390 g/mol. The van der Waals surface area contributed by atoms with Crippen LogP contribution in [0.1, 0.15) is 5.56 Å². The summed E-state index contributed by atoms with van der Waals surface area (Å²) in [7, 11) is -3.90. The normalized spacial score (nSPS) is 10.9. The van der Waals surface area contributed by atoms with Gasteiger partial charge in [0, 0.05) is 9.93 Å². The largest absolute Gasteiger partial charge is 0.279 e. The van der Waals surface area contributed by atoms with Gasteiger partial charge in [0.2, 0.25) is 0 Å². The van der Waals surface area contributed by atoms with E-state index in [1.807, 2.05) is 0 Å². The molecule has 0 saturated carbocycles. The van der Waals surface area contributed by atoms with Gasteiger partial charge in [-0.2, -0.15) is 0 Å². The summed E-state index contributed by atoms with van der Waals surface area (Å²) >= 11 is 17.5. The van der Waals surface area contributed by atoms with Crippen molar-refractivity contribution in [3.8, 4) is 0 Å². The molecule has 1 N–H and O–H groups in total. The summed E-state index contributed by atoms with van der Waals surface area (Å²) < 4.78 is 27.3. The number of sulfonamides is 1. The molecular weight excluding hydrogens is 383 g/mol. The minimum atomic E-state index is -3.90. The van der Waals surface area contributed by atoms with Crippen molar-refractivity contribution >= 4 is 50.5 Å². The Kier molecular flexibility index (Phi) is 5.62. The van der Waals surface area contributed by atoms with Crippen LogP contribution in [0, 0.1) is 0 Å². The van der Waals surface area contributed by atoms with Crippen molar-refractivity contribution in [3.63, 3.8) is 0 Å². The van der Waals surface area contributed by atoms with Crippen molar-refractivity contribution in [3.05, 3.63) is 67.5 Å². The van der Waals surface area contributed by atoms with Crippen molar-refractivity contribution in [2.45, 2.75) is 11.4 Å². The highest BCUT2D eigenvalue weighted by Crippen LogP contribution is 2.28. The maximum Gasteiger partial charge on any atom is 0.261 e. The number of benzene rings is 2. The van der Waals surface area contributed by atoms with E-state index in [1.54, 1.807) is 12.1 Å². The average Bonchev–Trinajstić information content (AvgIpc) is 2.49. The summed E-state index contributed by atoms with van der Waals surface area (Å²) in [5.74, 6) is 0. The van der Waals surface area contributed by atoms with E-state index in [9.17, 15) is 8.42 Å². The Morgan fingerprint density at radius 1 is 1.09 bits per heavy atom. The van der Waals surface area contributed by atoms with Crippen LogP contribution in [0.25, 0.3) is 10.4 Å². The van der Waals surface area contributed by atoms with Gasteiger partial charge in [0.1, 0.15) is 0 Å². The van der Waals surface area contributed by atoms with E-state index in [0.717, 1.165) is 0 Å². The minimum Gasteiger partial charge on any atom is -0.279 e. The minimum absolute atomic E-state index is 0.0209. The quantitative estimate of drug-likeness (QED) is 0.427. The molecule has 0 aliphatic heterocycles. The van der Waals surface area contributed by atoms with E-state index in [4.69, 9.17) is 40.3 Å². The van der Waals surface area contributed by atoms with Crippen LogP contribution in [0.5, 0.6) is 0 Å². The first kappa shape index (κ1) is 17.7. The second kappa shape index (κ2) is 7.29. The fourth-order valence-corrected chi connectivity index (χ4v) is 3.39. The second-order valence-corrected chi connectivity index (χ2v) is 7.31. The lowest BCUT2D eigenvalue weighted by Gasteiger charge is -2.12. The highest BCUT2D eigenvalue weighted by Gasteiger charge is 2.17. The van der Waals surface area contributed by atoms with Crippen molar-refractivity contribution in [2.75, 3.05) is 4.72 Å². The number of hydrogen-bond acceptors (Lipinski definition) is 3. The maximum atomic E-state index is 12.4. The molecule has 120 valence electrons. The van der Waals surface area contributed by atoms with Crippen LogP contribution in [-0.4, -0.2) is 8.42 Å². The Morgan fingerprint density at radius 2 is 1.83 bits per heavy atom. The van der Waals surface area contributed by atoms with Crippen LogP contribution < -0.4 is 4.72 Å². The van der Waals surface area contributed by atoms with E-state index in [0.29, 0.717) is 10.6 Å². The standard InChI is InChI=1S/C13H9Cl3N4O2S/c14-9-2-1-8(7-18-20-17)13(5-9)19-23(21,22)10-3-4-11(15)12(16)6-10/h1-6,19H,7H2. The molecule has 0 unspecified atom stereocenters. The molecule has 0 bridgehead atoms. The Hall–Kier alpha value is -1.63. The highest BCUT2D eigenvalue weighted by molar-refractivity contribution is 7.92. The van der Waals surface area contributed by atoms with E-state index >= 15 is 0 Å². The lowest BCUT2D eigenvalue weighted by molar-refractivity contribution is 0.601. The van der Waals surface area contributed by atoms with Crippen molar-refractivity contribution in [2.24, 2.45) is 5.11 Å². The Balaban J connectivity index is 2.41. The lowest BCUT2D eigenvalue weighted by Crippen LogP contribution is -2.14. The van der Waals surface area contributed by atoms with Gasteiger partial charge in [-0.25, -0.2) is 8.42 Å². The summed E-state index contributed by atoms with van der Waals surface area (Å²) in [5, 5.41) is 4.13. The van der Waals surface area contributed by atoms with Gasteiger partial charge in [0.05, 0.1) is 27.2 Å². The summed E-state index contributed by atoms with van der Waals surface area (Å²) in [6.07, 6.45) is 0. The zero-order valence-corrected chi connectivity index (χ0v) is 14.5. The van der Waals surface area contributed by atoms with Crippen LogP contribution >= 0.6 is 34.8 Å². The smallest absolute Gasteiger partial charge is 0.261 e. The van der Waals surface area contributed by atoms with Crippen LogP contribution in [0.2, 0.25) is 15.1 Å². The van der Waals surface area contributed by atoms with Crippen molar-refractivity contribution in [1.29, 1.82) is 0 Å². The highest BCUT2D eigenvalue weighted by atomic mass is 35.5. The van der Waals surface area contributed by atoms with Gasteiger partial charge in [0.15, 0.2) is 0 Å². The number of hydrogen-bond donors (Lipinski definition) is 1. The summed E-state index contributed by atoms with van der Waals surface area (Å²) in [6.45, 7) is -0.0209. The van der Waals surface area contributed by atoms with E-state index in [2.05, 4.69) is 14.7 Å². The molecule has 0 spiro atoms. The average molecular weight is 392 g/mol. The van der Waals surface area contributed by atoms with Gasteiger partial charge in [-0.1, -0.05) is 46.0 Å². The zero-order chi connectivity index (χ0) is 17.0. The molecule has 0 aliphatic rings. The molecular formula is C13H9Cl3N4O2S. The number of nitrogens with one attached hydrogen (secondary N) is 1. The lowest BCUT2D eigenvalue weighted by atomic mass is 10.2. The molecule has 0 heterocycles. The number of rotatable bonds is 5. The summed E-state index contributed by atoms with van der Waals surface area (Å²) in [4.78, 5) is 2.60. The molecule has 0 radical (unpaired) electrons. The van der Waals surface area contributed by atoms with Gasteiger partial charge >= 0.3 is 0 Å². The van der Waals surface area contributed by atoms with E-state index < -0.39 is 10.0 Å². The van der Waals surface area contributed by atoms with E-state index in [-0.39, 0.29) is 27.2 Å². The Labute approximate surface area is 147 Å². The number of halogens is 3. The number of nitrogens with zero attached hydrogens (tertiary/aromatic N) is 3. The van der Waals surface area contributed by atoms with Gasteiger partial charge in [-0.3, -0.25) is 4.72 Å². The van der Waals surface area contributed by atoms with Crippen LogP contribution in [0.15, 0.2) is 46.4 Å². The molecule has 0 aromatic heterocycles. The first-order valence-corrected chi connectivity index (χ1v) is 8.72. The molecule has 6 nitrogen and oxygen atoms in total. The molecule has 23 heavy (non-hydrogen) atoms. The van der Waals surface area contributed by atoms with Crippen molar-refractivity contribution < 1.29 is 8.42 Å². The maximum absolute atomic E-state index is 12.4. The second-order valence-electron chi connectivity index (χ2n) is 4.37. The number of anilines is 1. The Morgan fingerprint density at radius 3 is 2.48 bits per heavy atom. The van der Waals surface area contributed by atoms with Gasteiger partial charge in [-0.05, 0) is 41.4 Å². The van der Waals surface area contributed by atoms with Crippen molar-refractivity contribution in [1.82, 2.24) is 0 Å². The SMILES string of the molecule is [N-]=[N+]=NCc1ccc(Cl)cc1NS(=O)(=O)c1ccc(Cl)c(Cl)c1. The first-order valence-electron chi connectivity index (χ1n) is 6.10. The van der Waals surface area contributed by atoms with Crippen LogP contribution in [-0.2, 0) is 16.6 Å². The molecule has 2 rings (SSSR count). The first-order chi connectivity index (χ1) is 10.8. The topological polar surface area (TPSA) is 94.9 Å². The molecule has 2 aromatic carbocycles. The fraction of sp³-hybridized carbons (Fsp3) is 0.0769. The fourth-order valence-electron chi connectivity index (χ4n) is 1.74. The summed E-state index contributed by atoms with van der Waals surface area (Å²) in [5.41, 5.74) is 9.11. The predicted octanol–water partition coefficient (Wildman–Crippen LogP) is 5.26. The molecule has 0 atom stereocenters. The van der Waals surface area contributed by atoms with Crippen LogP contribution in [0.4, 0.5) is 5.69 Å². The molecule has 10 heteroatoms. The third kappa shape index (κ3) is 4.43.